The van der Waals surface area contributed by atoms with Crippen molar-refractivity contribution in [3.63, 3.8) is 0 Å². The van der Waals surface area contributed by atoms with Crippen LogP contribution < -0.4 is 5.73 Å². The van der Waals surface area contributed by atoms with Crippen LogP contribution in [0.3, 0.4) is 0 Å². The van der Waals surface area contributed by atoms with Crippen LogP contribution in [-0.2, 0) is 4.79 Å². The van der Waals surface area contributed by atoms with E-state index in [9.17, 15) is 9.90 Å². The molecule has 1 saturated heterocycles. The zero-order valence-electron chi connectivity index (χ0n) is 15.1. The standard InChI is InChI=1S/C20H30N2O2.ClH/c1-20(21)12-6-5-11-17(20)19(24)22-13-7-10-16(22)14-18(23)15-8-3-2-4-9-15;/h2-4,8-9,16-18,23H,5-7,10-14,21H2,1H3;1H. The number of hydrogen-bond acceptors (Lipinski definition) is 3. The molecular formula is C20H31ClN2O2. The van der Waals surface area contributed by atoms with Gasteiger partial charge in [0.2, 0.25) is 5.91 Å². The van der Waals surface area contributed by atoms with Crippen molar-refractivity contribution in [3.8, 4) is 0 Å². The Kier molecular flexibility index (Phi) is 6.89. The monoisotopic (exact) mass is 366 g/mol. The molecular weight excluding hydrogens is 336 g/mol. The predicted molar refractivity (Wildman–Crippen MR) is 103 cm³/mol. The van der Waals surface area contributed by atoms with Crippen LogP contribution in [0.1, 0.15) is 63.5 Å². The lowest BCUT2D eigenvalue weighted by Gasteiger charge is -2.40. The number of halogens is 1. The Labute approximate surface area is 157 Å². The van der Waals surface area contributed by atoms with Gasteiger partial charge in [0.25, 0.3) is 0 Å². The molecule has 2 aliphatic rings. The van der Waals surface area contributed by atoms with Crippen LogP contribution in [-0.4, -0.2) is 34.0 Å². The first kappa shape index (κ1) is 20.2. The van der Waals surface area contributed by atoms with Gasteiger partial charge in [-0.25, -0.2) is 0 Å². The highest BCUT2D eigenvalue weighted by Gasteiger charge is 2.42. The van der Waals surface area contributed by atoms with Crippen LogP contribution in [0.4, 0.5) is 0 Å². The van der Waals surface area contributed by atoms with Crippen molar-refractivity contribution >= 4 is 18.3 Å². The number of amides is 1. The second-order valence-corrected chi connectivity index (χ2v) is 7.79. The summed E-state index contributed by atoms with van der Waals surface area (Å²) in [6.07, 6.45) is 6.13. The molecule has 3 rings (SSSR count). The van der Waals surface area contributed by atoms with Gasteiger partial charge >= 0.3 is 0 Å². The van der Waals surface area contributed by atoms with E-state index in [1.165, 1.54) is 0 Å². The molecule has 1 aromatic carbocycles. The fourth-order valence-corrected chi connectivity index (χ4v) is 4.40. The van der Waals surface area contributed by atoms with E-state index < -0.39 is 6.10 Å². The van der Waals surface area contributed by atoms with Gasteiger partial charge in [-0.05, 0) is 44.6 Å². The SMILES string of the molecule is CC1(N)CCCCC1C(=O)N1CCCC1CC(O)c1ccccc1.Cl. The molecule has 1 amide bonds. The van der Waals surface area contributed by atoms with E-state index >= 15 is 0 Å². The van der Waals surface area contributed by atoms with E-state index in [0.717, 1.165) is 50.6 Å². The molecule has 2 fully saturated rings. The van der Waals surface area contributed by atoms with Crippen LogP contribution >= 0.6 is 12.4 Å². The molecule has 0 bridgehead atoms. The maximum Gasteiger partial charge on any atom is 0.227 e. The Hall–Kier alpha value is -1.10. The van der Waals surface area contributed by atoms with Crippen LogP contribution in [0.25, 0.3) is 0 Å². The predicted octanol–water partition coefficient (Wildman–Crippen LogP) is 3.43. The van der Waals surface area contributed by atoms with Crippen molar-refractivity contribution in [1.82, 2.24) is 4.90 Å². The summed E-state index contributed by atoms with van der Waals surface area (Å²) in [5.41, 5.74) is 6.97. The van der Waals surface area contributed by atoms with E-state index in [0.29, 0.717) is 6.42 Å². The van der Waals surface area contributed by atoms with Gasteiger partial charge < -0.3 is 15.7 Å². The fourth-order valence-electron chi connectivity index (χ4n) is 4.40. The topological polar surface area (TPSA) is 66.6 Å². The van der Waals surface area contributed by atoms with Crippen molar-refractivity contribution in [1.29, 1.82) is 0 Å². The van der Waals surface area contributed by atoms with Gasteiger partial charge in [0.15, 0.2) is 0 Å². The molecule has 0 spiro atoms. The smallest absolute Gasteiger partial charge is 0.227 e. The average molecular weight is 367 g/mol. The number of benzene rings is 1. The highest BCUT2D eigenvalue weighted by atomic mass is 35.5. The number of nitrogens with two attached hydrogens (primary N) is 1. The van der Waals surface area contributed by atoms with E-state index in [1.54, 1.807) is 0 Å². The lowest BCUT2D eigenvalue weighted by molar-refractivity contribution is -0.140. The van der Waals surface area contributed by atoms with Crippen molar-refractivity contribution in [2.75, 3.05) is 6.54 Å². The van der Waals surface area contributed by atoms with Gasteiger partial charge in [-0.1, -0.05) is 43.2 Å². The van der Waals surface area contributed by atoms with Crippen LogP contribution in [0.5, 0.6) is 0 Å². The number of nitrogens with zero attached hydrogens (tertiary/aromatic N) is 1. The van der Waals surface area contributed by atoms with Gasteiger partial charge in [-0.2, -0.15) is 0 Å². The highest BCUT2D eigenvalue weighted by Crippen LogP contribution is 2.36. The van der Waals surface area contributed by atoms with Crippen LogP contribution in [0.15, 0.2) is 30.3 Å². The van der Waals surface area contributed by atoms with Gasteiger partial charge in [0, 0.05) is 18.1 Å². The maximum atomic E-state index is 13.1. The Morgan fingerprint density at radius 1 is 1.28 bits per heavy atom. The molecule has 1 aliphatic heterocycles. The second kappa shape index (κ2) is 8.52. The molecule has 140 valence electrons. The summed E-state index contributed by atoms with van der Waals surface area (Å²) in [6, 6.07) is 9.86. The molecule has 1 heterocycles. The minimum atomic E-state index is -0.514. The highest BCUT2D eigenvalue weighted by molar-refractivity contribution is 5.85. The minimum Gasteiger partial charge on any atom is -0.388 e. The van der Waals surface area contributed by atoms with Gasteiger partial charge in [0.05, 0.1) is 12.0 Å². The zero-order valence-corrected chi connectivity index (χ0v) is 15.9. The van der Waals surface area contributed by atoms with E-state index in [2.05, 4.69) is 0 Å². The molecule has 1 aliphatic carbocycles. The number of hydrogen-bond donors (Lipinski definition) is 2. The Balaban J connectivity index is 0.00000225. The van der Waals surface area contributed by atoms with Crippen LogP contribution in [0, 0.1) is 5.92 Å². The lowest BCUT2D eigenvalue weighted by Crippen LogP contribution is -2.54. The molecule has 5 heteroatoms. The number of rotatable bonds is 4. The summed E-state index contributed by atoms with van der Waals surface area (Å²) in [5, 5.41) is 10.5. The minimum absolute atomic E-state index is 0. The number of likely N-dealkylation sites (tertiary alicyclic amines) is 1. The summed E-state index contributed by atoms with van der Waals surface area (Å²) < 4.78 is 0. The van der Waals surface area contributed by atoms with Crippen LogP contribution in [0.2, 0.25) is 0 Å². The Morgan fingerprint density at radius 2 is 2.00 bits per heavy atom. The van der Waals surface area contributed by atoms with Crippen molar-refractivity contribution in [2.24, 2.45) is 11.7 Å². The molecule has 4 unspecified atom stereocenters. The molecule has 1 aromatic rings. The summed E-state index contributed by atoms with van der Waals surface area (Å²) >= 11 is 0. The number of aliphatic hydroxyl groups excluding tert-OH is 1. The van der Waals surface area contributed by atoms with E-state index in [1.807, 2.05) is 42.2 Å². The lowest BCUT2D eigenvalue weighted by atomic mass is 9.74. The molecule has 4 atom stereocenters. The quantitative estimate of drug-likeness (QED) is 0.857. The first-order chi connectivity index (χ1) is 11.5. The maximum absolute atomic E-state index is 13.1. The van der Waals surface area contributed by atoms with Gasteiger partial charge in [-0.3, -0.25) is 4.79 Å². The number of carbonyl (C=O) groups excluding carboxylic acids is 1. The first-order valence-electron chi connectivity index (χ1n) is 9.31. The fraction of sp³-hybridized carbons (Fsp3) is 0.650. The van der Waals surface area contributed by atoms with E-state index in [-0.39, 0.29) is 35.8 Å². The molecule has 4 nitrogen and oxygen atoms in total. The summed E-state index contributed by atoms with van der Waals surface area (Å²) in [7, 11) is 0. The second-order valence-electron chi connectivity index (χ2n) is 7.79. The molecule has 3 N–H and O–H groups in total. The Bertz CT molecular complexity index is 564. The zero-order chi connectivity index (χ0) is 17.2. The summed E-state index contributed by atoms with van der Waals surface area (Å²) in [4.78, 5) is 15.1. The normalized spacial score (nSPS) is 30.6. The van der Waals surface area contributed by atoms with Crippen molar-refractivity contribution in [3.05, 3.63) is 35.9 Å². The van der Waals surface area contributed by atoms with Gasteiger partial charge in [0.1, 0.15) is 0 Å². The van der Waals surface area contributed by atoms with Gasteiger partial charge in [-0.15, -0.1) is 12.4 Å². The van der Waals surface area contributed by atoms with Crippen molar-refractivity contribution in [2.45, 2.75) is 69.6 Å². The average Bonchev–Trinajstić information content (AvgIpc) is 3.03. The first-order valence-corrected chi connectivity index (χ1v) is 9.31. The van der Waals surface area contributed by atoms with E-state index in [4.69, 9.17) is 5.73 Å². The summed E-state index contributed by atoms with van der Waals surface area (Å²) in [6.45, 7) is 2.83. The largest absolute Gasteiger partial charge is 0.388 e. The number of aliphatic hydroxyl groups is 1. The third-order valence-electron chi connectivity index (χ3n) is 5.89. The molecule has 1 saturated carbocycles. The molecule has 0 radical (unpaired) electrons. The third kappa shape index (κ3) is 4.55. The Morgan fingerprint density at radius 3 is 2.68 bits per heavy atom. The number of carbonyl (C=O) groups is 1. The summed E-state index contributed by atoms with van der Waals surface area (Å²) in [5.74, 6) is 0.142. The van der Waals surface area contributed by atoms with Crippen molar-refractivity contribution < 1.29 is 9.90 Å². The third-order valence-corrected chi connectivity index (χ3v) is 5.89. The molecule has 0 aromatic heterocycles. The molecule has 25 heavy (non-hydrogen) atoms.